The summed E-state index contributed by atoms with van der Waals surface area (Å²) in [6, 6.07) is 14.1. The van der Waals surface area contributed by atoms with Gasteiger partial charge in [0.15, 0.2) is 0 Å². The number of anilines is 2. The summed E-state index contributed by atoms with van der Waals surface area (Å²) in [7, 11) is 0. The molecule has 4 N–H and O–H groups in total. The van der Waals surface area contributed by atoms with E-state index in [-0.39, 0.29) is 17.9 Å². The molecule has 1 atom stereocenters. The number of carbonyl (C=O) groups excluding carboxylic acids is 2. The second kappa shape index (κ2) is 7.92. The molecular weight excluding hydrogens is 318 g/mol. The summed E-state index contributed by atoms with van der Waals surface area (Å²) in [5.74, 6) is -0.325. The minimum absolute atomic E-state index is 0.130. The van der Waals surface area contributed by atoms with E-state index in [1.165, 1.54) is 0 Å². The normalized spacial score (nSPS) is 16.4. The molecule has 1 fully saturated rings. The van der Waals surface area contributed by atoms with Crippen molar-refractivity contribution >= 4 is 23.2 Å². The molecule has 25 heavy (non-hydrogen) atoms. The van der Waals surface area contributed by atoms with Crippen LogP contribution in [0.1, 0.15) is 28.8 Å². The van der Waals surface area contributed by atoms with E-state index >= 15 is 0 Å². The number of nitrogens with one attached hydrogen (secondary N) is 2. The monoisotopic (exact) mass is 339 g/mol. The van der Waals surface area contributed by atoms with Crippen LogP contribution in [0.2, 0.25) is 0 Å². The molecular formula is C19H21N3O3. The third-order valence-corrected chi connectivity index (χ3v) is 4.08. The Hall–Kier alpha value is -2.70. The maximum atomic E-state index is 12.2. The second-order valence-electron chi connectivity index (χ2n) is 5.92. The van der Waals surface area contributed by atoms with Crippen molar-refractivity contribution in [3.8, 4) is 0 Å². The zero-order chi connectivity index (χ0) is 17.6. The first-order chi connectivity index (χ1) is 12.2. The van der Waals surface area contributed by atoms with Crippen molar-refractivity contribution < 1.29 is 14.3 Å². The summed E-state index contributed by atoms with van der Waals surface area (Å²) < 4.78 is 5.35. The van der Waals surface area contributed by atoms with Crippen LogP contribution < -0.4 is 16.4 Å². The van der Waals surface area contributed by atoms with Gasteiger partial charge in [-0.1, -0.05) is 12.1 Å². The fourth-order valence-electron chi connectivity index (χ4n) is 2.64. The molecule has 6 heteroatoms. The molecule has 1 heterocycles. The molecule has 2 aromatic rings. The van der Waals surface area contributed by atoms with E-state index in [9.17, 15) is 9.59 Å². The quantitative estimate of drug-likeness (QED) is 0.780. The third kappa shape index (κ3) is 4.43. The van der Waals surface area contributed by atoms with Crippen LogP contribution in [0.5, 0.6) is 0 Å². The summed E-state index contributed by atoms with van der Waals surface area (Å²) in [5.41, 5.74) is 8.42. The van der Waals surface area contributed by atoms with Gasteiger partial charge >= 0.3 is 0 Å². The molecule has 1 unspecified atom stereocenters. The van der Waals surface area contributed by atoms with Gasteiger partial charge in [0.05, 0.1) is 0 Å². The number of carbonyl (C=O) groups is 2. The van der Waals surface area contributed by atoms with E-state index in [0.717, 1.165) is 18.4 Å². The SMILES string of the molecule is NCc1ccc(C(=O)Nc2ccc(NC(=O)C3CCCO3)cc2)cc1. The molecule has 1 aliphatic heterocycles. The van der Waals surface area contributed by atoms with Gasteiger partial charge in [-0.25, -0.2) is 0 Å². The first-order valence-electron chi connectivity index (χ1n) is 8.28. The van der Waals surface area contributed by atoms with Gasteiger partial charge in [-0.05, 0) is 54.8 Å². The number of rotatable bonds is 5. The molecule has 0 spiro atoms. The smallest absolute Gasteiger partial charge is 0.255 e. The van der Waals surface area contributed by atoms with Crippen LogP contribution in [0.4, 0.5) is 11.4 Å². The highest BCUT2D eigenvalue weighted by atomic mass is 16.5. The summed E-state index contributed by atoms with van der Waals surface area (Å²) >= 11 is 0. The summed E-state index contributed by atoms with van der Waals surface area (Å²) in [5, 5.41) is 5.64. The number of nitrogens with two attached hydrogens (primary N) is 1. The van der Waals surface area contributed by atoms with Gasteiger partial charge in [0.2, 0.25) is 0 Å². The lowest BCUT2D eigenvalue weighted by Gasteiger charge is -2.11. The van der Waals surface area contributed by atoms with E-state index in [1.807, 2.05) is 12.1 Å². The number of hydrogen-bond acceptors (Lipinski definition) is 4. The second-order valence-corrected chi connectivity index (χ2v) is 5.92. The van der Waals surface area contributed by atoms with Crippen molar-refractivity contribution in [3.05, 3.63) is 59.7 Å². The Morgan fingerprint density at radius 1 is 1.00 bits per heavy atom. The van der Waals surface area contributed by atoms with Crippen LogP contribution in [-0.2, 0) is 16.1 Å². The summed E-state index contributed by atoms with van der Waals surface area (Å²) in [6.07, 6.45) is 1.30. The van der Waals surface area contributed by atoms with Gasteiger partial charge in [-0.15, -0.1) is 0 Å². The molecule has 0 saturated carbocycles. The van der Waals surface area contributed by atoms with Crippen LogP contribution >= 0.6 is 0 Å². The van der Waals surface area contributed by atoms with E-state index in [0.29, 0.717) is 30.1 Å². The van der Waals surface area contributed by atoms with E-state index < -0.39 is 0 Å². The van der Waals surface area contributed by atoms with Crippen LogP contribution in [0.15, 0.2) is 48.5 Å². The fourth-order valence-corrected chi connectivity index (χ4v) is 2.64. The minimum atomic E-state index is -0.365. The fraction of sp³-hybridized carbons (Fsp3) is 0.263. The predicted octanol–water partition coefficient (Wildman–Crippen LogP) is 2.52. The van der Waals surface area contributed by atoms with Gasteiger partial charge < -0.3 is 21.1 Å². The molecule has 1 saturated heterocycles. The molecule has 2 amide bonds. The Morgan fingerprint density at radius 3 is 2.20 bits per heavy atom. The topological polar surface area (TPSA) is 93.5 Å². The zero-order valence-electron chi connectivity index (χ0n) is 13.8. The lowest BCUT2D eigenvalue weighted by atomic mass is 10.1. The third-order valence-electron chi connectivity index (χ3n) is 4.08. The molecule has 0 aromatic heterocycles. The minimum Gasteiger partial charge on any atom is -0.368 e. The van der Waals surface area contributed by atoms with Crippen molar-refractivity contribution in [2.24, 2.45) is 5.73 Å². The van der Waals surface area contributed by atoms with Crippen molar-refractivity contribution in [2.45, 2.75) is 25.5 Å². The van der Waals surface area contributed by atoms with Crippen LogP contribution in [-0.4, -0.2) is 24.5 Å². The Morgan fingerprint density at radius 2 is 1.64 bits per heavy atom. The van der Waals surface area contributed by atoms with E-state index in [2.05, 4.69) is 10.6 Å². The number of ether oxygens (including phenoxy) is 1. The maximum absolute atomic E-state index is 12.2. The molecule has 6 nitrogen and oxygen atoms in total. The first-order valence-corrected chi connectivity index (χ1v) is 8.28. The first kappa shape index (κ1) is 17.1. The summed E-state index contributed by atoms with van der Waals surface area (Å²) in [4.78, 5) is 24.2. The lowest BCUT2D eigenvalue weighted by Crippen LogP contribution is -2.26. The Kier molecular flexibility index (Phi) is 5.42. The van der Waals surface area contributed by atoms with Gasteiger partial charge in [-0.2, -0.15) is 0 Å². The van der Waals surface area contributed by atoms with Crippen molar-refractivity contribution in [1.82, 2.24) is 0 Å². The standard InChI is InChI=1S/C19H21N3O3/c20-12-13-3-5-14(6-4-13)18(23)21-15-7-9-16(10-8-15)22-19(24)17-2-1-11-25-17/h3-10,17H,1-2,11-12,20H2,(H,21,23)(H,22,24). The van der Waals surface area contributed by atoms with Crippen LogP contribution in [0, 0.1) is 0 Å². The maximum Gasteiger partial charge on any atom is 0.255 e. The Labute approximate surface area is 146 Å². The van der Waals surface area contributed by atoms with E-state index in [1.54, 1.807) is 36.4 Å². The molecule has 0 radical (unpaired) electrons. The highest BCUT2D eigenvalue weighted by molar-refractivity contribution is 6.04. The largest absolute Gasteiger partial charge is 0.368 e. The number of benzene rings is 2. The number of hydrogen-bond donors (Lipinski definition) is 3. The summed E-state index contributed by atoms with van der Waals surface area (Å²) in [6.45, 7) is 1.08. The van der Waals surface area contributed by atoms with E-state index in [4.69, 9.17) is 10.5 Å². The van der Waals surface area contributed by atoms with Gasteiger partial charge in [0, 0.05) is 30.1 Å². The lowest BCUT2D eigenvalue weighted by molar-refractivity contribution is -0.124. The molecule has 130 valence electrons. The number of amides is 2. The van der Waals surface area contributed by atoms with Crippen LogP contribution in [0.3, 0.4) is 0 Å². The molecule has 1 aliphatic rings. The molecule has 0 bridgehead atoms. The van der Waals surface area contributed by atoms with Crippen molar-refractivity contribution in [2.75, 3.05) is 17.2 Å². The van der Waals surface area contributed by atoms with Gasteiger partial charge in [0.1, 0.15) is 6.10 Å². The predicted molar refractivity (Wildman–Crippen MR) is 96.3 cm³/mol. The zero-order valence-corrected chi connectivity index (χ0v) is 13.8. The van der Waals surface area contributed by atoms with Gasteiger partial charge in [0.25, 0.3) is 11.8 Å². The van der Waals surface area contributed by atoms with Crippen molar-refractivity contribution in [3.63, 3.8) is 0 Å². The molecule has 3 rings (SSSR count). The average molecular weight is 339 g/mol. The molecule has 0 aliphatic carbocycles. The highest BCUT2D eigenvalue weighted by Crippen LogP contribution is 2.18. The average Bonchev–Trinajstić information content (AvgIpc) is 3.18. The van der Waals surface area contributed by atoms with Crippen molar-refractivity contribution in [1.29, 1.82) is 0 Å². The molecule has 2 aromatic carbocycles. The van der Waals surface area contributed by atoms with Crippen LogP contribution in [0.25, 0.3) is 0 Å². The van der Waals surface area contributed by atoms with Gasteiger partial charge in [-0.3, -0.25) is 9.59 Å². The Balaban J connectivity index is 1.57. The highest BCUT2D eigenvalue weighted by Gasteiger charge is 2.23. The Bertz CT molecular complexity index is 736.